The summed E-state index contributed by atoms with van der Waals surface area (Å²) in [5, 5.41) is 9.09. The van der Waals surface area contributed by atoms with E-state index in [2.05, 4.69) is 4.74 Å². The summed E-state index contributed by atoms with van der Waals surface area (Å²) in [5.41, 5.74) is 0.338. The second kappa shape index (κ2) is 4.53. The van der Waals surface area contributed by atoms with E-state index < -0.39 is 12.5 Å². The largest absolute Gasteiger partial charge is 0.573 e. The summed E-state index contributed by atoms with van der Waals surface area (Å²) in [6.07, 6.45) is -5.27. The fourth-order valence-electron chi connectivity index (χ4n) is 1.21. The van der Waals surface area contributed by atoms with Crippen LogP contribution in [0.15, 0.2) is 24.3 Å². The number of hydrogen-bond donors (Lipinski definition) is 1. The molecule has 5 heteroatoms. The van der Waals surface area contributed by atoms with Crippen molar-refractivity contribution in [3.05, 3.63) is 29.8 Å². The average molecular weight is 220 g/mol. The van der Waals surface area contributed by atoms with Gasteiger partial charge in [0.2, 0.25) is 0 Å². The zero-order valence-corrected chi connectivity index (χ0v) is 8.08. The van der Waals surface area contributed by atoms with Gasteiger partial charge >= 0.3 is 6.36 Å². The number of para-hydroxylation sites is 1. The molecule has 2 nitrogen and oxygen atoms in total. The summed E-state index contributed by atoms with van der Waals surface area (Å²) in [6, 6.07) is 5.77. The molecule has 0 spiro atoms. The van der Waals surface area contributed by atoms with Crippen molar-refractivity contribution in [1.29, 1.82) is 0 Å². The number of aliphatic hydroxyl groups is 1. The van der Waals surface area contributed by atoms with E-state index in [1.807, 2.05) is 0 Å². The number of halogens is 3. The molecule has 0 saturated heterocycles. The summed E-state index contributed by atoms with van der Waals surface area (Å²) in [5.74, 6) is -0.258. The number of aliphatic hydroxyl groups excluding tert-OH is 1. The topological polar surface area (TPSA) is 29.5 Å². The van der Waals surface area contributed by atoms with Crippen LogP contribution in [0.2, 0.25) is 0 Å². The summed E-state index contributed by atoms with van der Waals surface area (Å²) < 4.78 is 39.7. The van der Waals surface area contributed by atoms with Crippen molar-refractivity contribution < 1.29 is 23.0 Å². The highest BCUT2D eigenvalue weighted by atomic mass is 19.4. The SMILES string of the molecule is C[C@@H](O)Cc1ccccc1OC(F)(F)F. The molecule has 0 aliphatic carbocycles. The third-order valence-corrected chi connectivity index (χ3v) is 1.71. The minimum atomic E-state index is -4.70. The van der Waals surface area contributed by atoms with E-state index in [1.54, 1.807) is 6.07 Å². The van der Waals surface area contributed by atoms with E-state index in [9.17, 15) is 13.2 Å². The highest BCUT2D eigenvalue weighted by Gasteiger charge is 2.31. The lowest BCUT2D eigenvalue weighted by Gasteiger charge is -2.13. The summed E-state index contributed by atoms with van der Waals surface area (Å²) in [4.78, 5) is 0. The molecule has 1 atom stereocenters. The van der Waals surface area contributed by atoms with Gasteiger partial charge in [0.05, 0.1) is 6.10 Å². The zero-order valence-electron chi connectivity index (χ0n) is 8.08. The summed E-state index contributed by atoms with van der Waals surface area (Å²) >= 11 is 0. The first-order valence-corrected chi connectivity index (χ1v) is 4.40. The van der Waals surface area contributed by atoms with Gasteiger partial charge in [0, 0.05) is 6.42 Å². The first-order valence-electron chi connectivity index (χ1n) is 4.40. The van der Waals surface area contributed by atoms with Gasteiger partial charge < -0.3 is 9.84 Å². The minimum Gasteiger partial charge on any atom is -0.406 e. The predicted octanol–water partition coefficient (Wildman–Crippen LogP) is 2.51. The van der Waals surface area contributed by atoms with E-state index in [0.717, 1.165) is 0 Å². The number of rotatable bonds is 3. The lowest BCUT2D eigenvalue weighted by molar-refractivity contribution is -0.274. The quantitative estimate of drug-likeness (QED) is 0.848. The molecule has 1 aromatic rings. The molecular weight excluding hydrogens is 209 g/mol. The van der Waals surface area contributed by atoms with E-state index in [0.29, 0.717) is 5.56 Å². The molecular formula is C10H11F3O2. The molecule has 1 aromatic carbocycles. The Balaban J connectivity index is 2.86. The predicted molar refractivity (Wildman–Crippen MR) is 48.5 cm³/mol. The monoisotopic (exact) mass is 220 g/mol. The van der Waals surface area contributed by atoms with Crippen LogP contribution in [0, 0.1) is 0 Å². The molecule has 0 aliphatic rings. The van der Waals surface area contributed by atoms with Crippen molar-refractivity contribution in [2.75, 3.05) is 0 Å². The van der Waals surface area contributed by atoms with Crippen molar-refractivity contribution in [2.24, 2.45) is 0 Å². The van der Waals surface area contributed by atoms with E-state index in [-0.39, 0.29) is 12.2 Å². The lowest BCUT2D eigenvalue weighted by atomic mass is 10.1. The lowest BCUT2D eigenvalue weighted by Crippen LogP contribution is -2.18. The van der Waals surface area contributed by atoms with Gasteiger partial charge in [-0.25, -0.2) is 0 Å². The highest BCUT2D eigenvalue weighted by Crippen LogP contribution is 2.26. The summed E-state index contributed by atoms with van der Waals surface area (Å²) in [7, 11) is 0. The van der Waals surface area contributed by atoms with Crippen molar-refractivity contribution >= 4 is 0 Å². The van der Waals surface area contributed by atoms with Crippen molar-refractivity contribution in [3.63, 3.8) is 0 Å². The molecule has 0 aliphatic heterocycles. The number of benzene rings is 1. The van der Waals surface area contributed by atoms with Crippen LogP contribution in [0.3, 0.4) is 0 Å². The molecule has 84 valence electrons. The summed E-state index contributed by atoms with van der Waals surface area (Å²) in [6.45, 7) is 1.50. The van der Waals surface area contributed by atoms with Gasteiger partial charge in [0.15, 0.2) is 0 Å². The molecule has 0 fully saturated rings. The Morgan fingerprint density at radius 2 is 1.93 bits per heavy atom. The second-order valence-corrected chi connectivity index (χ2v) is 3.21. The van der Waals surface area contributed by atoms with Gasteiger partial charge in [-0.05, 0) is 18.6 Å². The van der Waals surface area contributed by atoms with Crippen LogP contribution in [0.5, 0.6) is 5.75 Å². The van der Waals surface area contributed by atoms with E-state index >= 15 is 0 Å². The number of alkyl halides is 3. The van der Waals surface area contributed by atoms with E-state index in [1.165, 1.54) is 25.1 Å². The molecule has 15 heavy (non-hydrogen) atoms. The molecule has 0 aromatic heterocycles. The van der Waals surface area contributed by atoms with Crippen LogP contribution in [-0.2, 0) is 6.42 Å². The van der Waals surface area contributed by atoms with Gasteiger partial charge in [0.1, 0.15) is 5.75 Å². The van der Waals surface area contributed by atoms with Crippen LogP contribution < -0.4 is 4.74 Å². The number of ether oxygens (including phenoxy) is 1. The van der Waals surface area contributed by atoms with Crippen LogP contribution in [0.4, 0.5) is 13.2 Å². The standard InChI is InChI=1S/C10H11F3O2/c1-7(14)6-8-4-2-3-5-9(8)15-10(11,12)13/h2-5,7,14H,6H2,1H3/t7-/m1/s1. The maximum Gasteiger partial charge on any atom is 0.573 e. The maximum absolute atomic E-state index is 12.0. The Hall–Kier alpha value is -1.23. The van der Waals surface area contributed by atoms with Crippen molar-refractivity contribution in [3.8, 4) is 5.75 Å². The number of hydrogen-bond acceptors (Lipinski definition) is 2. The van der Waals surface area contributed by atoms with Crippen LogP contribution >= 0.6 is 0 Å². The highest BCUT2D eigenvalue weighted by molar-refractivity contribution is 5.33. The van der Waals surface area contributed by atoms with Crippen molar-refractivity contribution in [2.45, 2.75) is 25.8 Å². The van der Waals surface area contributed by atoms with Gasteiger partial charge in [-0.3, -0.25) is 0 Å². The smallest absolute Gasteiger partial charge is 0.406 e. The molecule has 0 heterocycles. The van der Waals surface area contributed by atoms with Crippen LogP contribution in [0.1, 0.15) is 12.5 Å². The normalized spacial score (nSPS) is 13.7. The molecule has 0 amide bonds. The van der Waals surface area contributed by atoms with Gasteiger partial charge in [-0.1, -0.05) is 18.2 Å². The molecule has 0 saturated carbocycles. The Bertz CT molecular complexity index is 321. The maximum atomic E-state index is 12.0. The second-order valence-electron chi connectivity index (χ2n) is 3.21. The Labute approximate surface area is 85.3 Å². The minimum absolute atomic E-state index is 0.131. The van der Waals surface area contributed by atoms with Gasteiger partial charge in [-0.15, -0.1) is 13.2 Å². The van der Waals surface area contributed by atoms with Crippen LogP contribution in [0.25, 0.3) is 0 Å². The molecule has 1 N–H and O–H groups in total. The van der Waals surface area contributed by atoms with Gasteiger partial charge in [0.25, 0.3) is 0 Å². The average Bonchev–Trinajstić information content (AvgIpc) is 2.05. The third-order valence-electron chi connectivity index (χ3n) is 1.71. The first-order chi connectivity index (χ1) is 6.88. The molecule has 0 bridgehead atoms. The first kappa shape index (κ1) is 11.8. The third kappa shape index (κ3) is 4.20. The Morgan fingerprint density at radius 3 is 2.47 bits per heavy atom. The van der Waals surface area contributed by atoms with Crippen molar-refractivity contribution in [1.82, 2.24) is 0 Å². The fourth-order valence-corrected chi connectivity index (χ4v) is 1.21. The Kier molecular flexibility index (Phi) is 3.57. The zero-order chi connectivity index (χ0) is 11.5. The van der Waals surface area contributed by atoms with E-state index in [4.69, 9.17) is 5.11 Å². The Morgan fingerprint density at radius 1 is 1.33 bits per heavy atom. The van der Waals surface area contributed by atoms with Gasteiger partial charge in [-0.2, -0.15) is 0 Å². The molecule has 1 rings (SSSR count). The van der Waals surface area contributed by atoms with Crippen LogP contribution in [-0.4, -0.2) is 17.6 Å². The molecule has 0 radical (unpaired) electrons. The molecule has 0 unspecified atom stereocenters. The fraction of sp³-hybridized carbons (Fsp3) is 0.400.